The van der Waals surface area contributed by atoms with Gasteiger partial charge in [0.15, 0.2) is 0 Å². The Bertz CT molecular complexity index is 417. The van der Waals surface area contributed by atoms with Gasteiger partial charge in [0.05, 0.1) is 0 Å². The second-order valence-corrected chi connectivity index (χ2v) is 6.31. The van der Waals surface area contributed by atoms with Crippen LogP contribution in [0.25, 0.3) is 0 Å². The average molecular weight is 230 g/mol. The van der Waals surface area contributed by atoms with Crippen molar-refractivity contribution in [1.82, 2.24) is 0 Å². The van der Waals surface area contributed by atoms with Crippen LogP contribution in [0.4, 0.5) is 0 Å². The maximum atomic E-state index is 5.89. The third kappa shape index (κ3) is 1.51. The lowest BCUT2D eigenvalue weighted by Gasteiger charge is -2.45. The van der Waals surface area contributed by atoms with Crippen molar-refractivity contribution < 1.29 is 4.74 Å². The largest absolute Gasteiger partial charge is 0.490 e. The third-order valence-corrected chi connectivity index (χ3v) is 5.06. The van der Waals surface area contributed by atoms with Crippen LogP contribution in [0.15, 0.2) is 36.1 Å². The lowest BCUT2D eigenvalue weighted by atomic mass is 9.60. The third-order valence-electron chi connectivity index (χ3n) is 5.06. The lowest BCUT2D eigenvalue weighted by molar-refractivity contribution is 0.0708. The van der Waals surface area contributed by atoms with Crippen LogP contribution in [0.1, 0.15) is 39.5 Å². The number of hydrogen-bond donors (Lipinski definition) is 0. The Balaban J connectivity index is 2.01. The molecule has 0 N–H and O–H groups in total. The molecule has 0 radical (unpaired) electrons. The summed E-state index contributed by atoms with van der Waals surface area (Å²) in [5, 5.41) is 0. The maximum absolute atomic E-state index is 5.89. The van der Waals surface area contributed by atoms with E-state index in [1.54, 1.807) is 5.57 Å². The van der Waals surface area contributed by atoms with Crippen LogP contribution in [0, 0.1) is 17.3 Å². The van der Waals surface area contributed by atoms with E-state index in [9.17, 15) is 0 Å². The van der Waals surface area contributed by atoms with Crippen LogP contribution in [0.5, 0.6) is 0 Å². The zero-order valence-electron chi connectivity index (χ0n) is 11.0. The van der Waals surface area contributed by atoms with Gasteiger partial charge in [0.1, 0.15) is 11.9 Å². The Morgan fingerprint density at radius 1 is 1.41 bits per heavy atom. The molecule has 4 atom stereocenters. The molecule has 1 heterocycles. The molecule has 92 valence electrons. The molecular formula is C16H22O. The van der Waals surface area contributed by atoms with Crippen molar-refractivity contribution >= 4 is 0 Å². The van der Waals surface area contributed by atoms with Crippen molar-refractivity contribution in [2.75, 3.05) is 0 Å². The van der Waals surface area contributed by atoms with Crippen LogP contribution in [-0.2, 0) is 4.74 Å². The highest BCUT2D eigenvalue weighted by Gasteiger charge is 2.47. The molecule has 0 amide bonds. The minimum absolute atomic E-state index is 0.300. The zero-order valence-corrected chi connectivity index (χ0v) is 11.0. The normalized spacial score (nSPS) is 44.8. The van der Waals surface area contributed by atoms with Gasteiger partial charge in [-0.15, -0.1) is 0 Å². The topological polar surface area (TPSA) is 9.23 Å². The first-order valence-electron chi connectivity index (χ1n) is 6.78. The summed E-state index contributed by atoms with van der Waals surface area (Å²) in [6.45, 7) is 12.9. The molecule has 1 saturated carbocycles. The van der Waals surface area contributed by atoms with Gasteiger partial charge in [0, 0.05) is 5.92 Å². The molecule has 1 heteroatoms. The number of hydrogen-bond acceptors (Lipinski definition) is 1. The van der Waals surface area contributed by atoms with Gasteiger partial charge in [-0.2, -0.15) is 0 Å². The van der Waals surface area contributed by atoms with Crippen molar-refractivity contribution in [3.8, 4) is 0 Å². The first kappa shape index (κ1) is 11.1. The van der Waals surface area contributed by atoms with Gasteiger partial charge in [0.2, 0.25) is 0 Å². The highest BCUT2D eigenvalue weighted by molar-refractivity contribution is 5.38. The minimum atomic E-state index is 0.300. The van der Waals surface area contributed by atoms with Gasteiger partial charge in [-0.25, -0.2) is 0 Å². The highest BCUT2D eigenvalue weighted by Crippen LogP contribution is 2.54. The molecular weight excluding hydrogens is 208 g/mol. The Labute approximate surface area is 104 Å². The van der Waals surface area contributed by atoms with Crippen molar-refractivity contribution in [2.45, 2.75) is 45.6 Å². The molecule has 17 heavy (non-hydrogen) atoms. The van der Waals surface area contributed by atoms with Crippen molar-refractivity contribution in [3.05, 3.63) is 36.1 Å². The van der Waals surface area contributed by atoms with Gasteiger partial charge in [-0.05, 0) is 36.2 Å². The number of fused-ring (bicyclic) bond motifs is 2. The van der Waals surface area contributed by atoms with Crippen molar-refractivity contribution in [2.24, 2.45) is 17.3 Å². The van der Waals surface area contributed by atoms with Gasteiger partial charge in [-0.1, -0.05) is 45.1 Å². The zero-order chi connectivity index (χ0) is 12.2. The van der Waals surface area contributed by atoms with E-state index in [0.717, 1.165) is 23.7 Å². The molecule has 3 rings (SSSR count). The molecule has 2 aliphatic carbocycles. The van der Waals surface area contributed by atoms with Gasteiger partial charge in [-0.3, -0.25) is 0 Å². The summed E-state index contributed by atoms with van der Waals surface area (Å²) in [6, 6.07) is 0. The standard InChI is InChI=1S/C16H22O/c1-10-6-5-7-16(4)9-15-13(8-14(10)16)11(2)12(3)17-15/h8,10,13,15H,2-3,5-7,9H2,1,4H3/t10-,13+,15+,16+/m0/s1. The SMILES string of the molecule is C=C1O[C@@H]2C[C@@]3(C)CCC[C@H](C)C3=C[C@@H]2C1=C. The number of ether oxygens (including phenoxy) is 1. The molecule has 0 aromatic rings. The molecule has 0 spiro atoms. The smallest absolute Gasteiger partial charge is 0.115 e. The second kappa shape index (κ2) is 3.51. The van der Waals surface area contributed by atoms with Gasteiger partial charge >= 0.3 is 0 Å². The lowest BCUT2D eigenvalue weighted by Crippen LogP contribution is -2.38. The second-order valence-electron chi connectivity index (χ2n) is 6.31. The van der Waals surface area contributed by atoms with E-state index in [2.05, 4.69) is 33.1 Å². The first-order chi connectivity index (χ1) is 8.01. The molecule has 1 saturated heterocycles. The number of allylic oxidation sites excluding steroid dienone is 2. The van der Waals surface area contributed by atoms with Gasteiger partial charge in [0.25, 0.3) is 0 Å². The molecule has 0 unspecified atom stereocenters. The summed E-state index contributed by atoms with van der Waals surface area (Å²) in [7, 11) is 0. The molecule has 0 aromatic heterocycles. The summed E-state index contributed by atoms with van der Waals surface area (Å²) in [4.78, 5) is 0. The Morgan fingerprint density at radius 2 is 2.18 bits per heavy atom. The van der Waals surface area contributed by atoms with E-state index in [4.69, 9.17) is 4.74 Å². The van der Waals surface area contributed by atoms with Crippen molar-refractivity contribution in [3.63, 3.8) is 0 Å². The summed E-state index contributed by atoms with van der Waals surface area (Å²) in [6.07, 6.45) is 7.91. The average Bonchev–Trinajstić information content (AvgIpc) is 2.52. The van der Waals surface area contributed by atoms with E-state index in [1.807, 2.05) is 0 Å². The van der Waals surface area contributed by atoms with E-state index in [-0.39, 0.29) is 0 Å². The minimum Gasteiger partial charge on any atom is -0.490 e. The van der Waals surface area contributed by atoms with E-state index < -0.39 is 0 Å². The summed E-state index contributed by atoms with van der Waals surface area (Å²) < 4.78 is 5.89. The Morgan fingerprint density at radius 3 is 2.94 bits per heavy atom. The predicted molar refractivity (Wildman–Crippen MR) is 70.5 cm³/mol. The Hall–Kier alpha value is -0.980. The fourth-order valence-electron chi connectivity index (χ4n) is 4.03. The summed E-state index contributed by atoms with van der Waals surface area (Å²) in [5.41, 5.74) is 3.12. The molecule has 1 nitrogen and oxygen atoms in total. The molecule has 1 aliphatic heterocycles. The Kier molecular flexibility index (Phi) is 2.30. The van der Waals surface area contributed by atoms with Gasteiger partial charge < -0.3 is 4.74 Å². The van der Waals surface area contributed by atoms with E-state index in [0.29, 0.717) is 17.4 Å². The van der Waals surface area contributed by atoms with E-state index >= 15 is 0 Å². The van der Waals surface area contributed by atoms with Crippen LogP contribution in [0.3, 0.4) is 0 Å². The summed E-state index contributed by atoms with van der Waals surface area (Å²) in [5.74, 6) is 1.94. The molecule has 0 aromatic carbocycles. The maximum Gasteiger partial charge on any atom is 0.115 e. The van der Waals surface area contributed by atoms with Crippen LogP contribution < -0.4 is 0 Å². The molecule has 3 aliphatic rings. The van der Waals surface area contributed by atoms with Crippen LogP contribution in [-0.4, -0.2) is 6.10 Å². The highest BCUT2D eigenvalue weighted by atomic mass is 16.5. The fourth-order valence-corrected chi connectivity index (χ4v) is 4.03. The van der Waals surface area contributed by atoms with Crippen LogP contribution >= 0.6 is 0 Å². The molecule has 2 fully saturated rings. The molecule has 0 bridgehead atoms. The monoisotopic (exact) mass is 230 g/mol. The summed E-state index contributed by atoms with van der Waals surface area (Å²) >= 11 is 0. The van der Waals surface area contributed by atoms with Crippen LogP contribution in [0.2, 0.25) is 0 Å². The van der Waals surface area contributed by atoms with Crippen molar-refractivity contribution in [1.29, 1.82) is 0 Å². The number of rotatable bonds is 0. The van der Waals surface area contributed by atoms with E-state index in [1.165, 1.54) is 19.3 Å². The first-order valence-corrected chi connectivity index (χ1v) is 6.78. The fraction of sp³-hybridized carbons (Fsp3) is 0.625. The quantitative estimate of drug-likeness (QED) is 0.566. The predicted octanol–water partition coefficient (Wildman–Crippen LogP) is 4.23.